The quantitative estimate of drug-likeness (QED) is 0.749. The third-order valence-corrected chi connectivity index (χ3v) is 4.10. The van der Waals surface area contributed by atoms with Gasteiger partial charge in [0, 0.05) is 16.5 Å². The minimum Gasteiger partial charge on any atom is -0.497 e. The number of carbonyl (C=O) groups excluding carboxylic acids is 1. The maximum Gasteiger partial charge on any atom is 0.257 e. The van der Waals surface area contributed by atoms with Gasteiger partial charge in [-0.3, -0.25) is 9.78 Å². The molecule has 0 aliphatic heterocycles. The predicted octanol–water partition coefficient (Wildman–Crippen LogP) is 4.47. The van der Waals surface area contributed by atoms with E-state index in [0.29, 0.717) is 33.5 Å². The van der Waals surface area contributed by atoms with Gasteiger partial charge in [-0.15, -0.1) is 0 Å². The number of aromatic nitrogens is 1. The largest absolute Gasteiger partial charge is 0.497 e. The molecule has 2 aromatic carbocycles. The summed E-state index contributed by atoms with van der Waals surface area (Å²) in [6, 6.07) is 12.4. The highest BCUT2D eigenvalue weighted by Gasteiger charge is 2.15. The molecule has 1 aromatic heterocycles. The Morgan fingerprint density at radius 2 is 1.88 bits per heavy atom. The molecular formula is C19H17ClN2O3. The molecule has 1 N–H and O–H groups in total. The van der Waals surface area contributed by atoms with E-state index in [2.05, 4.69) is 10.3 Å². The van der Waals surface area contributed by atoms with Gasteiger partial charge in [0.15, 0.2) is 0 Å². The van der Waals surface area contributed by atoms with Gasteiger partial charge >= 0.3 is 0 Å². The first-order valence-electron chi connectivity index (χ1n) is 7.62. The van der Waals surface area contributed by atoms with E-state index in [1.807, 2.05) is 6.07 Å². The molecule has 0 bridgehead atoms. The molecule has 3 aromatic rings. The van der Waals surface area contributed by atoms with Crippen molar-refractivity contribution < 1.29 is 14.3 Å². The topological polar surface area (TPSA) is 60.5 Å². The number of hydrogen-bond acceptors (Lipinski definition) is 4. The number of fused-ring (bicyclic) bond motifs is 1. The number of methoxy groups -OCH3 is 2. The van der Waals surface area contributed by atoms with Crippen molar-refractivity contribution in [2.75, 3.05) is 19.5 Å². The molecule has 0 aliphatic rings. The fourth-order valence-electron chi connectivity index (χ4n) is 2.57. The average molecular weight is 357 g/mol. The minimum atomic E-state index is -0.279. The van der Waals surface area contributed by atoms with E-state index < -0.39 is 0 Å². The standard InChI is InChI=1S/C19H17ClN2O3/c1-11-15(9-12-8-13(20)4-6-16(12)21-11)19(23)22-17-10-14(24-2)5-7-18(17)25-3/h4-10H,1-3H3,(H,22,23). The summed E-state index contributed by atoms with van der Waals surface area (Å²) >= 11 is 6.03. The van der Waals surface area contributed by atoms with Gasteiger partial charge < -0.3 is 14.8 Å². The number of halogens is 1. The summed E-state index contributed by atoms with van der Waals surface area (Å²) in [5.74, 6) is 0.887. The summed E-state index contributed by atoms with van der Waals surface area (Å²) in [5, 5.41) is 4.26. The van der Waals surface area contributed by atoms with Crippen LogP contribution in [-0.4, -0.2) is 25.1 Å². The van der Waals surface area contributed by atoms with Gasteiger partial charge in [-0.25, -0.2) is 0 Å². The van der Waals surface area contributed by atoms with Crippen LogP contribution in [0.4, 0.5) is 5.69 Å². The minimum absolute atomic E-state index is 0.279. The first kappa shape index (κ1) is 17.0. The molecule has 0 saturated heterocycles. The number of aryl methyl sites for hydroxylation is 1. The highest BCUT2D eigenvalue weighted by Crippen LogP contribution is 2.30. The van der Waals surface area contributed by atoms with E-state index in [1.165, 1.54) is 0 Å². The van der Waals surface area contributed by atoms with Crippen LogP contribution in [0.15, 0.2) is 42.5 Å². The molecule has 0 radical (unpaired) electrons. The lowest BCUT2D eigenvalue weighted by atomic mass is 10.1. The number of pyridine rings is 1. The summed E-state index contributed by atoms with van der Waals surface area (Å²) in [6.07, 6.45) is 0. The van der Waals surface area contributed by atoms with E-state index in [9.17, 15) is 4.79 Å². The Hall–Kier alpha value is -2.79. The van der Waals surface area contributed by atoms with Gasteiger partial charge in [0.05, 0.1) is 36.7 Å². The molecule has 0 aliphatic carbocycles. The summed E-state index contributed by atoms with van der Waals surface area (Å²) in [6.45, 7) is 1.80. The molecule has 25 heavy (non-hydrogen) atoms. The van der Waals surface area contributed by atoms with Crippen molar-refractivity contribution in [1.29, 1.82) is 0 Å². The van der Waals surface area contributed by atoms with Crippen LogP contribution in [0.1, 0.15) is 16.1 Å². The Bertz CT molecular complexity index is 957. The molecular weight excluding hydrogens is 340 g/mol. The van der Waals surface area contributed by atoms with Gasteiger partial charge in [0.2, 0.25) is 0 Å². The van der Waals surface area contributed by atoms with Gasteiger partial charge in [-0.2, -0.15) is 0 Å². The Kier molecular flexibility index (Phi) is 4.76. The van der Waals surface area contributed by atoms with Crippen molar-refractivity contribution in [3.63, 3.8) is 0 Å². The molecule has 1 heterocycles. The van der Waals surface area contributed by atoms with Crippen molar-refractivity contribution in [2.45, 2.75) is 6.92 Å². The Labute approximate surface area is 150 Å². The van der Waals surface area contributed by atoms with Crippen molar-refractivity contribution >= 4 is 34.1 Å². The molecule has 0 fully saturated rings. The predicted molar refractivity (Wildman–Crippen MR) is 99.0 cm³/mol. The van der Waals surface area contributed by atoms with Crippen LogP contribution in [0.2, 0.25) is 5.02 Å². The van der Waals surface area contributed by atoms with Crippen LogP contribution in [0, 0.1) is 6.92 Å². The fraction of sp³-hybridized carbons (Fsp3) is 0.158. The van der Waals surface area contributed by atoms with Gasteiger partial charge in [-0.1, -0.05) is 11.6 Å². The fourth-order valence-corrected chi connectivity index (χ4v) is 2.76. The zero-order chi connectivity index (χ0) is 18.0. The molecule has 3 rings (SSSR count). The SMILES string of the molecule is COc1ccc(OC)c(NC(=O)c2cc3cc(Cl)ccc3nc2C)c1. The summed E-state index contributed by atoms with van der Waals surface area (Å²) in [4.78, 5) is 17.2. The van der Waals surface area contributed by atoms with Crippen LogP contribution in [0.3, 0.4) is 0 Å². The summed E-state index contributed by atoms with van der Waals surface area (Å²) in [7, 11) is 3.11. The lowest BCUT2D eigenvalue weighted by molar-refractivity contribution is 0.102. The van der Waals surface area contributed by atoms with E-state index in [0.717, 1.165) is 10.9 Å². The summed E-state index contributed by atoms with van der Waals surface area (Å²) < 4.78 is 10.5. The van der Waals surface area contributed by atoms with Gasteiger partial charge in [0.1, 0.15) is 11.5 Å². The van der Waals surface area contributed by atoms with E-state index in [4.69, 9.17) is 21.1 Å². The molecule has 5 nitrogen and oxygen atoms in total. The lowest BCUT2D eigenvalue weighted by Gasteiger charge is -2.13. The number of rotatable bonds is 4. The first-order chi connectivity index (χ1) is 12.0. The number of amides is 1. The Morgan fingerprint density at radius 1 is 1.08 bits per heavy atom. The second-order valence-corrected chi connectivity index (χ2v) is 5.92. The van der Waals surface area contributed by atoms with E-state index in [-0.39, 0.29) is 5.91 Å². The second kappa shape index (κ2) is 6.99. The first-order valence-corrected chi connectivity index (χ1v) is 8.00. The number of nitrogens with zero attached hydrogens (tertiary/aromatic N) is 1. The van der Waals surface area contributed by atoms with Crippen molar-refractivity contribution in [3.05, 3.63) is 58.7 Å². The van der Waals surface area contributed by atoms with Crippen molar-refractivity contribution in [1.82, 2.24) is 4.98 Å². The molecule has 1 amide bonds. The molecule has 0 saturated carbocycles. The maximum atomic E-state index is 12.8. The Morgan fingerprint density at radius 3 is 2.60 bits per heavy atom. The van der Waals surface area contributed by atoms with Crippen LogP contribution >= 0.6 is 11.6 Å². The van der Waals surface area contributed by atoms with Crippen LogP contribution in [0.5, 0.6) is 11.5 Å². The number of hydrogen-bond donors (Lipinski definition) is 1. The Balaban J connectivity index is 1.98. The second-order valence-electron chi connectivity index (χ2n) is 5.48. The lowest BCUT2D eigenvalue weighted by Crippen LogP contribution is -2.15. The monoisotopic (exact) mass is 356 g/mol. The number of carbonyl (C=O) groups is 1. The zero-order valence-electron chi connectivity index (χ0n) is 14.1. The van der Waals surface area contributed by atoms with Gasteiger partial charge in [-0.05, 0) is 43.3 Å². The highest BCUT2D eigenvalue weighted by molar-refractivity contribution is 6.31. The maximum absolute atomic E-state index is 12.8. The van der Waals surface area contributed by atoms with Crippen molar-refractivity contribution in [3.8, 4) is 11.5 Å². The third-order valence-electron chi connectivity index (χ3n) is 3.87. The smallest absolute Gasteiger partial charge is 0.257 e. The number of ether oxygens (including phenoxy) is 2. The van der Waals surface area contributed by atoms with Crippen LogP contribution in [-0.2, 0) is 0 Å². The molecule has 6 heteroatoms. The van der Waals surface area contributed by atoms with E-state index in [1.54, 1.807) is 57.5 Å². The zero-order valence-corrected chi connectivity index (χ0v) is 14.8. The highest BCUT2D eigenvalue weighted by atomic mass is 35.5. The molecule has 128 valence electrons. The number of anilines is 1. The van der Waals surface area contributed by atoms with Crippen LogP contribution < -0.4 is 14.8 Å². The van der Waals surface area contributed by atoms with Crippen LogP contribution in [0.25, 0.3) is 10.9 Å². The number of benzene rings is 2. The normalized spacial score (nSPS) is 10.6. The van der Waals surface area contributed by atoms with Gasteiger partial charge in [0.25, 0.3) is 5.91 Å². The van der Waals surface area contributed by atoms with Crippen molar-refractivity contribution in [2.24, 2.45) is 0 Å². The molecule has 0 unspecified atom stereocenters. The van der Waals surface area contributed by atoms with E-state index >= 15 is 0 Å². The molecule has 0 spiro atoms. The third kappa shape index (κ3) is 3.51. The average Bonchev–Trinajstić information content (AvgIpc) is 2.61. The number of nitrogens with one attached hydrogen (secondary N) is 1. The summed E-state index contributed by atoms with van der Waals surface area (Å²) in [5.41, 5.74) is 2.42. The molecule has 0 atom stereocenters.